The quantitative estimate of drug-likeness (QED) is 0.781. The molecule has 1 fully saturated rings. The van der Waals surface area contributed by atoms with Gasteiger partial charge in [-0.25, -0.2) is 8.78 Å². The second-order valence-electron chi connectivity index (χ2n) is 5.55. The zero-order valence-electron chi connectivity index (χ0n) is 13.3. The van der Waals surface area contributed by atoms with Gasteiger partial charge in [-0.05, 0) is 18.2 Å². The highest BCUT2D eigenvalue weighted by atomic mass is 35.5. The first-order valence-corrected chi connectivity index (χ1v) is 8.32. The minimum atomic E-state index is -3.11. The summed E-state index contributed by atoms with van der Waals surface area (Å²) in [7, 11) is 0. The maximum absolute atomic E-state index is 13.6. The lowest BCUT2D eigenvalue weighted by Gasteiger charge is -2.22. The molecule has 1 aliphatic rings. The summed E-state index contributed by atoms with van der Waals surface area (Å²) in [5, 5.41) is 8.06. The van der Waals surface area contributed by atoms with E-state index in [0.29, 0.717) is 5.02 Å². The number of benzene rings is 1. The molecule has 0 unspecified atom stereocenters. The topological polar surface area (TPSA) is 64.5 Å². The van der Waals surface area contributed by atoms with Crippen LogP contribution in [0.2, 0.25) is 10.0 Å². The van der Waals surface area contributed by atoms with Crippen molar-refractivity contribution in [3.63, 3.8) is 0 Å². The van der Waals surface area contributed by atoms with Crippen molar-refractivity contribution in [1.29, 1.82) is 0 Å². The van der Waals surface area contributed by atoms with Crippen LogP contribution in [0, 0.1) is 0 Å². The molecule has 0 bridgehead atoms. The third-order valence-electron chi connectivity index (χ3n) is 3.52. The average molecular weight is 404 g/mol. The first-order chi connectivity index (χ1) is 12.4. The molecule has 1 aliphatic heterocycles. The highest BCUT2D eigenvalue weighted by Crippen LogP contribution is 2.33. The Labute approximate surface area is 157 Å². The number of ether oxygens (including phenoxy) is 2. The highest BCUT2D eigenvalue weighted by Gasteiger charge is 2.36. The third kappa shape index (κ3) is 4.38. The van der Waals surface area contributed by atoms with Crippen molar-refractivity contribution in [2.45, 2.75) is 5.92 Å². The molecule has 1 aromatic carbocycles. The number of hydrogen-bond acceptors (Lipinski definition) is 5. The van der Waals surface area contributed by atoms with Crippen molar-refractivity contribution >= 4 is 29.1 Å². The normalized spacial score (nSPS) is 16.8. The van der Waals surface area contributed by atoms with E-state index in [0.717, 1.165) is 4.90 Å². The van der Waals surface area contributed by atoms with E-state index in [9.17, 15) is 13.6 Å². The molecule has 3 rings (SSSR count). The molecule has 1 aromatic heterocycles. The Hall–Kier alpha value is -2.03. The first kappa shape index (κ1) is 18.8. The number of aromatic nitrogens is 2. The van der Waals surface area contributed by atoms with Crippen LogP contribution in [0.25, 0.3) is 0 Å². The van der Waals surface area contributed by atoms with Gasteiger partial charge >= 0.3 is 0 Å². The third-order valence-corrected chi connectivity index (χ3v) is 4.32. The number of nitrogens with zero attached hydrogens (tertiary/aromatic N) is 3. The van der Waals surface area contributed by atoms with E-state index in [2.05, 4.69) is 10.2 Å². The Balaban J connectivity index is 1.72. The number of carbonyl (C=O) groups is 1. The maximum Gasteiger partial charge on any atom is 0.288 e. The maximum atomic E-state index is 13.6. The fraction of sp³-hybridized carbons (Fsp3) is 0.312. The lowest BCUT2D eigenvalue weighted by Crippen LogP contribution is -2.41. The van der Waals surface area contributed by atoms with Crippen molar-refractivity contribution in [3.8, 4) is 11.6 Å². The molecule has 6 nitrogen and oxygen atoms in total. The molecule has 1 saturated heterocycles. The average Bonchev–Trinajstić information content (AvgIpc) is 2.79. The smallest absolute Gasteiger partial charge is 0.288 e. The van der Waals surface area contributed by atoms with Gasteiger partial charge in [-0.15, -0.1) is 10.2 Å². The van der Waals surface area contributed by atoms with Crippen LogP contribution in [0.1, 0.15) is 10.5 Å². The minimum absolute atomic E-state index is 0.0310. The van der Waals surface area contributed by atoms with Crippen molar-refractivity contribution in [1.82, 2.24) is 15.1 Å². The highest BCUT2D eigenvalue weighted by molar-refractivity contribution is 6.42. The Kier molecular flexibility index (Phi) is 5.55. The van der Waals surface area contributed by atoms with Gasteiger partial charge in [0.15, 0.2) is 5.69 Å². The van der Waals surface area contributed by atoms with Crippen molar-refractivity contribution in [2.75, 3.05) is 26.3 Å². The molecule has 138 valence electrons. The van der Waals surface area contributed by atoms with Crippen LogP contribution in [-0.4, -0.2) is 53.2 Å². The Morgan fingerprint density at radius 3 is 2.77 bits per heavy atom. The van der Waals surface area contributed by atoms with E-state index in [4.69, 9.17) is 32.7 Å². The van der Waals surface area contributed by atoms with E-state index in [1.54, 1.807) is 18.2 Å². The fourth-order valence-electron chi connectivity index (χ4n) is 2.30. The largest absolute Gasteiger partial charge is 0.436 e. The lowest BCUT2D eigenvalue weighted by atomic mass is 10.3. The Morgan fingerprint density at radius 2 is 2.04 bits per heavy atom. The van der Waals surface area contributed by atoms with Crippen LogP contribution in [0.5, 0.6) is 11.6 Å². The lowest BCUT2D eigenvalue weighted by molar-refractivity contribution is -0.0661. The van der Waals surface area contributed by atoms with Gasteiger partial charge < -0.3 is 14.4 Å². The zero-order valence-corrected chi connectivity index (χ0v) is 14.8. The van der Waals surface area contributed by atoms with Crippen LogP contribution in [0.3, 0.4) is 0 Å². The zero-order chi connectivity index (χ0) is 18.7. The van der Waals surface area contributed by atoms with E-state index in [1.165, 1.54) is 12.1 Å². The Morgan fingerprint density at radius 1 is 1.23 bits per heavy atom. The van der Waals surface area contributed by atoms with Crippen LogP contribution in [-0.2, 0) is 4.74 Å². The molecule has 0 atom stereocenters. The van der Waals surface area contributed by atoms with E-state index >= 15 is 0 Å². The number of hydrogen-bond donors (Lipinski definition) is 0. The van der Waals surface area contributed by atoms with Gasteiger partial charge in [-0.2, -0.15) is 0 Å². The summed E-state index contributed by atoms with van der Waals surface area (Å²) in [5.74, 6) is -3.41. The number of halogens is 4. The summed E-state index contributed by atoms with van der Waals surface area (Å²) in [6.07, 6.45) is 0. The summed E-state index contributed by atoms with van der Waals surface area (Å²) in [4.78, 5) is 13.4. The molecular formula is C16H13Cl2F2N3O3. The molecule has 0 N–H and O–H groups in total. The van der Waals surface area contributed by atoms with Gasteiger partial charge in [0.25, 0.3) is 11.8 Å². The molecule has 0 aliphatic carbocycles. The molecular weight excluding hydrogens is 391 g/mol. The van der Waals surface area contributed by atoms with Crippen molar-refractivity contribution in [3.05, 3.63) is 46.1 Å². The molecule has 0 radical (unpaired) electrons. The van der Waals surface area contributed by atoms with Crippen molar-refractivity contribution < 1.29 is 23.0 Å². The first-order valence-electron chi connectivity index (χ1n) is 7.56. The number of alkyl halides is 2. The standard InChI is InChI=1S/C16H13Cl2F2N3O3/c17-10-2-1-3-12(14(10)18)26-13-5-4-11(21-22-13)15(24)23-6-7-25-9-16(19,20)8-23/h1-5H,6-9H2. The fourth-order valence-corrected chi connectivity index (χ4v) is 2.63. The minimum Gasteiger partial charge on any atom is -0.436 e. The van der Waals surface area contributed by atoms with Gasteiger partial charge in [0.1, 0.15) is 17.4 Å². The molecule has 0 spiro atoms. The van der Waals surface area contributed by atoms with Crippen LogP contribution in [0.15, 0.2) is 30.3 Å². The summed E-state index contributed by atoms with van der Waals surface area (Å²) in [6.45, 7) is -1.37. The molecule has 10 heteroatoms. The van der Waals surface area contributed by atoms with Gasteiger partial charge in [-0.3, -0.25) is 4.79 Å². The van der Waals surface area contributed by atoms with E-state index < -0.39 is 25.0 Å². The van der Waals surface area contributed by atoms with Crippen LogP contribution < -0.4 is 4.74 Å². The number of carbonyl (C=O) groups excluding carboxylic acids is 1. The van der Waals surface area contributed by atoms with E-state index in [-0.39, 0.29) is 35.5 Å². The summed E-state index contributed by atoms with van der Waals surface area (Å²) >= 11 is 11.9. The Bertz CT molecular complexity index is 806. The summed E-state index contributed by atoms with van der Waals surface area (Å²) in [6, 6.07) is 7.58. The van der Waals surface area contributed by atoms with Crippen molar-refractivity contribution in [2.24, 2.45) is 0 Å². The molecule has 2 aromatic rings. The van der Waals surface area contributed by atoms with Gasteiger partial charge in [-0.1, -0.05) is 29.3 Å². The number of amides is 1. The second-order valence-corrected chi connectivity index (χ2v) is 6.33. The second kappa shape index (κ2) is 7.69. The molecule has 1 amide bonds. The predicted octanol–water partition coefficient (Wildman–Crippen LogP) is 3.68. The molecule has 26 heavy (non-hydrogen) atoms. The van der Waals surface area contributed by atoms with Gasteiger partial charge in [0.2, 0.25) is 5.88 Å². The number of rotatable bonds is 3. The molecule has 0 saturated carbocycles. The molecule has 2 heterocycles. The predicted molar refractivity (Wildman–Crippen MR) is 90.2 cm³/mol. The summed E-state index contributed by atoms with van der Waals surface area (Å²) < 4.78 is 37.4. The van der Waals surface area contributed by atoms with E-state index in [1.807, 2.05) is 0 Å². The monoisotopic (exact) mass is 403 g/mol. The summed E-state index contributed by atoms with van der Waals surface area (Å²) in [5.41, 5.74) is -0.0766. The SMILES string of the molecule is O=C(c1ccc(Oc2cccc(Cl)c2Cl)nn1)N1CCOCC(F)(F)C1. The van der Waals surface area contributed by atoms with Gasteiger partial charge in [0, 0.05) is 12.6 Å². The van der Waals surface area contributed by atoms with Crippen LogP contribution >= 0.6 is 23.2 Å². The van der Waals surface area contributed by atoms with Crippen LogP contribution in [0.4, 0.5) is 8.78 Å². The van der Waals surface area contributed by atoms with Gasteiger partial charge in [0.05, 0.1) is 18.2 Å².